The van der Waals surface area contributed by atoms with Gasteiger partial charge in [0.25, 0.3) is 0 Å². The molecule has 2 N–H and O–H groups in total. The van der Waals surface area contributed by atoms with Gasteiger partial charge in [0.15, 0.2) is 0 Å². The fraction of sp³-hybridized carbons (Fsp3) is 0.857. The third-order valence-corrected chi connectivity index (χ3v) is 4.01. The van der Waals surface area contributed by atoms with Gasteiger partial charge in [-0.05, 0) is 45.6 Å². The Morgan fingerprint density at radius 1 is 1.26 bits per heavy atom. The number of nitrogens with one attached hydrogen (secondary N) is 2. The maximum atomic E-state index is 12.2. The second-order valence-corrected chi connectivity index (χ2v) is 5.67. The van der Waals surface area contributed by atoms with Crippen LogP contribution in [-0.2, 0) is 9.59 Å². The van der Waals surface area contributed by atoms with Crippen molar-refractivity contribution in [2.75, 3.05) is 19.6 Å². The van der Waals surface area contributed by atoms with Crippen molar-refractivity contribution in [1.82, 2.24) is 15.5 Å². The summed E-state index contributed by atoms with van der Waals surface area (Å²) in [6, 6.07) is -0.107. The van der Waals surface area contributed by atoms with Crippen molar-refractivity contribution in [2.45, 2.75) is 57.5 Å². The van der Waals surface area contributed by atoms with E-state index in [1.165, 1.54) is 6.42 Å². The lowest BCUT2D eigenvalue weighted by Crippen LogP contribution is -2.49. The molecule has 0 aromatic heterocycles. The Hall–Kier alpha value is -1.10. The van der Waals surface area contributed by atoms with E-state index in [-0.39, 0.29) is 17.9 Å². The lowest BCUT2D eigenvalue weighted by Gasteiger charge is -2.29. The highest BCUT2D eigenvalue weighted by Gasteiger charge is 2.24. The third-order valence-electron chi connectivity index (χ3n) is 4.01. The zero-order valence-corrected chi connectivity index (χ0v) is 11.8. The minimum Gasteiger partial charge on any atom is -0.345 e. The predicted molar refractivity (Wildman–Crippen MR) is 73.7 cm³/mol. The quantitative estimate of drug-likeness (QED) is 0.786. The van der Waals surface area contributed by atoms with E-state index in [9.17, 15) is 9.59 Å². The zero-order valence-electron chi connectivity index (χ0n) is 11.8. The van der Waals surface area contributed by atoms with Crippen LogP contribution >= 0.6 is 0 Å². The molecule has 0 saturated carbocycles. The van der Waals surface area contributed by atoms with Crippen molar-refractivity contribution in [3.05, 3.63) is 0 Å². The normalized spacial score (nSPS) is 25.1. The molecule has 5 heteroatoms. The molecule has 0 spiro atoms. The number of likely N-dealkylation sites (tertiary alicyclic amines) is 1. The summed E-state index contributed by atoms with van der Waals surface area (Å²) in [5.74, 6) is 0.0460. The van der Waals surface area contributed by atoms with Crippen LogP contribution in [0.2, 0.25) is 0 Å². The van der Waals surface area contributed by atoms with Crippen LogP contribution in [0, 0.1) is 0 Å². The molecule has 5 nitrogen and oxygen atoms in total. The van der Waals surface area contributed by atoms with Crippen LogP contribution in [0.3, 0.4) is 0 Å². The van der Waals surface area contributed by atoms with Gasteiger partial charge in [0.2, 0.25) is 11.8 Å². The van der Waals surface area contributed by atoms with Gasteiger partial charge in [-0.1, -0.05) is 0 Å². The Morgan fingerprint density at radius 2 is 2.00 bits per heavy atom. The van der Waals surface area contributed by atoms with E-state index in [0.717, 1.165) is 45.3 Å². The molecule has 108 valence electrons. The summed E-state index contributed by atoms with van der Waals surface area (Å²) < 4.78 is 0. The van der Waals surface area contributed by atoms with Crippen molar-refractivity contribution in [2.24, 2.45) is 0 Å². The molecule has 2 unspecified atom stereocenters. The molecule has 2 amide bonds. The summed E-state index contributed by atoms with van der Waals surface area (Å²) in [4.78, 5) is 25.9. The van der Waals surface area contributed by atoms with E-state index < -0.39 is 6.04 Å². The second-order valence-electron chi connectivity index (χ2n) is 5.67. The van der Waals surface area contributed by atoms with E-state index in [0.29, 0.717) is 6.42 Å². The maximum absolute atomic E-state index is 12.2. The fourth-order valence-electron chi connectivity index (χ4n) is 2.91. The predicted octanol–water partition coefficient (Wildman–Crippen LogP) is 0.646. The average molecular weight is 267 g/mol. The SMILES string of the molecule is CC(NC(=O)CC1CCCN1)C(=O)N1CCCCC1. The van der Waals surface area contributed by atoms with Crippen LogP contribution in [0.4, 0.5) is 0 Å². The Labute approximate surface area is 115 Å². The first-order chi connectivity index (χ1) is 9.16. The molecule has 2 fully saturated rings. The van der Waals surface area contributed by atoms with Crippen molar-refractivity contribution in [3.63, 3.8) is 0 Å². The van der Waals surface area contributed by atoms with E-state index in [2.05, 4.69) is 10.6 Å². The summed E-state index contributed by atoms with van der Waals surface area (Å²) in [5, 5.41) is 6.13. The molecule has 2 atom stereocenters. The van der Waals surface area contributed by atoms with Gasteiger partial charge in [0, 0.05) is 25.6 Å². The molecule has 19 heavy (non-hydrogen) atoms. The van der Waals surface area contributed by atoms with Crippen LogP contribution in [-0.4, -0.2) is 48.4 Å². The Kier molecular flexibility index (Phi) is 5.19. The average Bonchev–Trinajstić information content (AvgIpc) is 2.91. The first-order valence-corrected chi connectivity index (χ1v) is 7.48. The van der Waals surface area contributed by atoms with Crippen molar-refractivity contribution < 1.29 is 9.59 Å². The second kappa shape index (κ2) is 6.89. The smallest absolute Gasteiger partial charge is 0.244 e. The highest BCUT2D eigenvalue weighted by Crippen LogP contribution is 2.11. The van der Waals surface area contributed by atoms with Crippen LogP contribution in [0.1, 0.15) is 45.4 Å². The maximum Gasteiger partial charge on any atom is 0.244 e. The van der Waals surface area contributed by atoms with E-state index >= 15 is 0 Å². The number of carbonyl (C=O) groups excluding carboxylic acids is 2. The molecular formula is C14H25N3O2. The molecule has 0 aromatic carbocycles. The van der Waals surface area contributed by atoms with Crippen LogP contribution < -0.4 is 10.6 Å². The first kappa shape index (κ1) is 14.3. The highest BCUT2D eigenvalue weighted by atomic mass is 16.2. The number of carbonyl (C=O) groups is 2. The summed E-state index contributed by atoms with van der Waals surface area (Å²) in [5.41, 5.74) is 0. The van der Waals surface area contributed by atoms with Crippen LogP contribution in [0.25, 0.3) is 0 Å². The molecule has 0 bridgehead atoms. The van der Waals surface area contributed by atoms with Crippen molar-refractivity contribution >= 4 is 11.8 Å². The van der Waals surface area contributed by atoms with E-state index in [1.54, 1.807) is 6.92 Å². The van der Waals surface area contributed by atoms with Crippen LogP contribution in [0.15, 0.2) is 0 Å². The lowest BCUT2D eigenvalue weighted by molar-refractivity contribution is -0.136. The summed E-state index contributed by atoms with van der Waals surface area (Å²) in [6.07, 6.45) is 6.05. The van der Waals surface area contributed by atoms with Gasteiger partial charge in [0.05, 0.1) is 0 Å². The topological polar surface area (TPSA) is 61.4 Å². The minimum atomic E-state index is -0.396. The van der Waals surface area contributed by atoms with Gasteiger partial charge in [-0.15, -0.1) is 0 Å². The Morgan fingerprint density at radius 3 is 2.63 bits per heavy atom. The van der Waals surface area contributed by atoms with Crippen molar-refractivity contribution in [1.29, 1.82) is 0 Å². The van der Waals surface area contributed by atoms with Crippen LogP contribution in [0.5, 0.6) is 0 Å². The summed E-state index contributed by atoms with van der Waals surface area (Å²) >= 11 is 0. The van der Waals surface area contributed by atoms with Gasteiger partial charge in [-0.2, -0.15) is 0 Å². The van der Waals surface area contributed by atoms with Gasteiger partial charge in [0.1, 0.15) is 6.04 Å². The largest absolute Gasteiger partial charge is 0.345 e. The molecule has 0 aliphatic carbocycles. The molecular weight excluding hydrogens is 242 g/mol. The van der Waals surface area contributed by atoms with Gasteiger partial charge in [-0.25, -0.2) is 0 Å². The number of rotatable bonds is 4. The highest BCUT2D eigenvalue weighted by molar-refractivity contribution is 5.87. The Bertz CT molecular complexity index is 321. The zero-order chi connectivity index (χ0) is 13.7. The molecule has 2 rings (SSSR count). The molecule has 0 radical (unpaired) electrons. The summed E-state index contributed by atoms with van der Waals surface area (Å²) in [7, 11) is 0. The van der Waals surface area contributed by atoms with E-state index in [4.69, 9.17) is 0 Å². The molecule has 2 saturated heterocycles. The first-order valence-electron chi connectivity index (χ1n) is 7.48. The Balaban J connectivity index is 1.73. The number of piperidine rings is 1. The number of amides is 2. The molecule has 0 aromatic rings. The minimum absolute atomic E-state index is 0.0164. The molecule has 2 aliphatic rings. The van der Waals surface area contributed by atoms with Gasteiger partial charge < -0.3 is 15.5 Å². The number of hydrogen-bond acceptors (Lipinski definition) is 3. The molecule has 2 heterocycles. The lowest BCUT2D eigenvalue weighted by atomic mass is 10.1. The fourth-order valence-corrected chi connectivity index (χ4v) is 2.91. The molecule has 2 aliphatic heterocycles. The monoisotopic (exact) mass is 267 g/mol. The van der Waals surface area contributed by atoms with Crippen molar-refractivity contribution in [3.8, 4) is 0 Å². The van der Waals surface area contributed by atoms with Gasteiger partial charge >= 0.3 is 0 Å². The van der Waals surface area contributed by atoms with Gasteiger partial charge in [-0.3, -0.25) is 9.59 Å². The number of hydrogen-bond donors (Lipinski definition) is 2. The third kappa shape index (κ3) is 4.20. The summed E-state index contributed by atoms with van der Waals surface area (Å²) in [6.45, 7) is 4.46. The standard InChI is InChI=1S/C14H25N3O2/c1-11(14(19)17-8-3-2-4-9-17)16-13(18)10-12-6-5-7-15-12/h11-12,15H,2-10H2,1H3,(H,16,18). The number of nitrogens with zero attached hydrogens (tertiary/aromatic N) is 1. The van der Waals surface area contributed by atoms with E-state index in [1.807, 2.05) is 4.90 Å².